The number of hydrogen-bond donors (Lipinski definition) is 2. The van der Waals surface area contributed by atoms with Crippen LogP contribution in [0.15, 0.2) is 6.07 Å². The van der Waals surface area contributed by atoms with E-state index in [0.29, 0.717) is 17.9 Å². The second kappa shape index (κ2) is 8.74. The van der Waals surface area contributed by atoms with E-state index in [9.17, 15) is 9.59 Å². The minimum atomic E-state index is -0.798. The Kier molecular flexibility index (Phi) is 6.38. The predicted molar refractivity (Wildman–Crippen MR) is 130 cm³/mol. The van der Waals surface area contributed by atoms with Gasteiger partial charge in [-0.05, 0) is 35.8 Å². The van der Waals surface area contributed by atoms with Gasteiger partial charge in [-0.2, -0.15) is 0 Å². The molecule has 4 unspecified atom stereocenters. The van der Waals surface area contributed by atoms with Crippen molar-refractivity contribution in [3.63, 3.8) is 0 Å². The Bertz CT molecular complexity index is 986. The maximum absolute atomic E-state index is 13.8. The molecule has 1 aromatic rings. The number of rotatable bonds is 7. The van der Waals surface area contributed by atoms with Crippen LogP contribution >= 0.6 is 0 Å². The van der Waals surface area contributed by atoms with Gasteiger partial charge in [-0.15, -0.1) is 0 Å². The molecule has 2 N–H and O–H groups in total. The highest BCUT2D eigenvalue weighted by Gasteiger charge is 2.70. The molecule has 0 aromatic heterocycles. The lowest BCUT2D eigenvalue weighted by Gasteiger charge is -2.52. The summed E-state index contributed by atoms with van der Waals surface area (Å²) >= 11 is 0. The van der Waals surface area contributed by atoms with E-state index in [-0.39, 0.29) is 41.7 Å². The molecular formula is C27H40N2O5. The number of methoxy groups -OCH3 is 2. The third-order valence-corrected chi connectivity index (χ3v) is 8.12. The van der Waals surface area contributed by atoms with Gasteiger partial charge in [0.1, 0.15) is 11.5 Å². The van der Waals surface area contributed by atoms with Gasteiger partial charge in [0.2, 0.25) is 5.91 Å². The van der Waals surface area contributed by atoms with Gasteiger partial charge < -0.3 is 24.8 Å². The van der Waals surface area contributed by atoms with E-state index in [1.807, 2.05) is 13.8 Å². The van der Waals surface area contributed by atoms with Crippen molar-refractivity contribution in [3.8, 4) is 11.5 Å². The molecular weight excluding hydrogens is 432 g/mol. The van der Waals surface area contributed by atoms with Crippen LogP contribution in [-0.4, -0.2) is 44.8 Å². The van der Waals surface area contributed by atoms with Gasteiger partial charge in [-0.25, -0.2) is 0 Å². The molecule has 0 spiro atoms. The van der Waals surface area contributed by atoms with Crippen LogP contribution in [0.3, 0.4) is 0 Å². The Morgan fingerprint density at radius 2 is 1.82 bits per heavy atom. The summed E-state index contributed by atoms with van der Waals surface area (Å²) in [7, 11) is 3.28. The Hall–Kier alpha value is -2.28. The van der Waals surface area contributed by atoms with Crippen molar-refractivity contribution in [2.45, 2.75) is 90.3 Å². The van der Waals surface area contributed by atoms with Gasteiger partial charge in [-0.3, -0.25) is 9.59 Å². The number of nitrogens with one attached hydrogen (secondary N) is 2. The summed E-state index contributed by atoms with van der Waals surface area (Å²) in [5.74, 6) is 1.04. The lowest BCUT2D eigenvalue weighted by molar-refractivity contribution is -0.146. The van der Waals surface area contributed by atoms with Gasteiger partial charge in [0, 0.05) is 23.1 Å². The maximum Gasteiger partial charge on any atom is 0.317 e. The van der Waals surface area contributed by atoms with Gasteiger partial charge >= 0.3 is 5.97 Å². The average molecular weight is 473 g/mol. The first-order valence-electron chi connectivity index (χ1n) is 12.5. The number of amides is 1. The lowest BCUT2D eigenvalue weighted by atomic mass is 9.49. The summed E-state index contributed by atoms with van der Waals surface area (Å²) < 4.78 is 18.1. The van der Waals surface area contributed by atoms with Crippen LogP contribution in [0.25, 0.3) is 0 Å². The van der Waals surface area contributed by atoms with Crippen molar-refractivity contribution >= 4 is 11.9 Å². The van der Waals surface area contributed by atoms with E-state index in [0.717, 1.165) is 29.5 Å². The molecule has 1 amide bonds. The minimum Gasteiger partial charge on any atom is -0.493 e. The number of hydrogen-bond acceptors (Lipinski definition) is 6. The lowest BCUT2D eigenvalue weighted by Crippen LogP contribution is -2.56. The molecule has 188 valence electrons. The maximum atomic E-state index is 13.8. The average Bonchev–Trinajstić information content (AvgIpc) is 3.03. The molecule has 34 heavy (non-hydrogen) atoms. The molecule has 1 saturated heterocycles. The molecule has 2 aliphatic carbocycles. The Morgan fingerprint density at radius 1 is 1.15 bits per heavy atom. The summed E-state index contributed by atoms with van der Waals surface area (Å²) in [6, 6.07) is 1.85. The Morgan fingerprint density at radius 3 is 2.41 bits per heavy atom. The summed E-state index contributed by atoms with van der Waals surface area (Å²) in [5, 5.41) is 6.41. The molecule has 1 aromatic carbocycles. The van der Waals surface area contributed by atoms with E-state index in [2.05, 4.69) is 44.4 Å². The van der Waals surface area contributed by atoms with Crippen LogP contribution in [0.4, 0.5) is 0 Å². The van der Waals surface area contributed by atoms with Gasteiger partial charge in [0.15, 0.2) is 11.5 Å². The highest BCUT2D eigenvalue weighted by Crippen LogP contribution is 2.66. The van der Waals surface area contributed by atoms with Crippen molar-refractivity contribution in [2.75, 3.05) is 20.8 Å². The molecule has 7 heteroatoms. The van der Waals surface area contributed by atoms with Crippen molar-refractivity contribution in [1.29, 1.82) is 0 Å². The largest absolute Gasteiger partial charge is 0.493 e. The number of ether oxygens (including phenoxy) is 3. The molecule has 1 heterocycles. The zero-order valence-corrected chi connectivity index (χ0v) is 21.8. The SMILES string of the molecule is COc1c(C(C)C)cc2c(c1OC)C13CCCC(C)(C)C1C(OC3=O)C2NC(=O)CNC(C)C. The summed E-state index contributed by atoms with van der Waals surface area (Å²) in [4.78, 5) is 26.8. The Labute approximate surface area is 203 Å². The predicted octanol–water partition coefficient (Wildman–Crippen LogP) is 3.99. The standard InChI is InChI=1S/C27H40N2O5/c1-14(2)16-12-17-19(22(33-8)21(16)32-7)27-11-9-10-26(5,6)24(27)23(34-25(27)31)20(17)29-18(30)13-28-15(3)4/h12,14-15,20,23-24,28H,9-11,13H2,1-8H3,(H,29,30). The number of carbonyl (C=O) groups excluding carboxylic acids is 2. The number of carbonyl (C=O) groups is 2. The fourth-order valence-electron chi connectivity index (χ4n) is 6.77. The minimum absolute atomic E-state index is 0.0689. The number of benzene rings is 1. The van der Waals surface area contributed by atoms with Gasteiger partial charge in [-0.1, -0.05) is 48.0 Å². The van der Waals surface area contributed by atoms with Crippen molar-refractivity contribution in [1.82, 2.24) is 10.6 Å². The molecule has 0 radical (unpaired) electrons. The number of fused-ring (bicyclic) bond motifs is 1. The van der Waals surface area contributed by atoms with Crippen LogP contribution in [0.2, 0.25) is 0 Å². The van der Waals surface area contributed by atoms with E-state index in [4.69, 9.17) is 14.2 Å². The van der Waals surface area contributed by atoms with Crippen molar-refractivity contribution in [2.24, 2.45) is 11.3 Å². The molecule has 2 fully saturated rings. The van der Waals surface area contributed by atoms with Crippen molar-refractivity contribution in [3.05, 3.63) is 22.8 Å². The van der Waals surface area contributed by atoms with Crippen LogP contribution in [-0.2, 0) is 19.7 Å². The summed E-state index contributed by atoms with van der Waals surface area (Å²) in [6.45, 7) is 12.9. The van der Waals surface area contributed by atoms with E-state index in [1.165, 1.54) is 0 Å². The fourth-order valence-corrected chi connectivity index (χ4v) is 6.77. The van der Waals surface area contributed by atoms with Crippen LogP contribution in [0.1, 0.15) is 89.5 Å². The highest BCUT2D eigenvalue weighted by molar-refractivity contribution is 5.91. The van der Waals surface area contributed by atoms with E-state index >= 15 is 0 Å². The van der Waals surface area contributed by atoms with Crippen LogP contribution in [0.5, 0.6) is 11.5 Å². The zero-order chi connectivity index (χ0) is 25.0. The quantitative estimate of drug-likeness (QED) is 0.584. The first kappa shape index (κ1) is 24.8. The van der Waals surface area contributed by atoms with Crippen LogP contribution in [0, 0.1) is 11.3 Å². The summed E-state index contributed by atoms with van der Waals surface area (Å²) in [5.41, 5.74) is 1.82. The van der Waals surface area contributed by atoms with Gasteiger partial charge in [0.05, 0.1) is 26.8 Å². The molecule has 1 aliphatic heterocycles. The van der Waals surface area contributed by atoms with E-state index in [1.54, 1.807) is 14.2 Å². The summed E-state index contributed by atoms with van der Waals surface area (Å²) in [6.07, 6.45) is 2.22. The first-order valence-corrected chi connectivity index (χ1v) is 12.5. The smallest absolute Gasteiger partial charge is 0.317 e. The molecule has 2 bridgehead atoms. The normalized spacial score (nSPS) is 28.9. The molecule has 4 atom stereocenters. The monoisotopic (exact) mass is 472 g/mol. The van der Waals surface area contributed by atoms with Crippen LogP contribution < -0.4 is 20.1 Å². The topological polar surface area (TPSA) is 85.9 Å². The number of esters is 1. The second-order valence-electron chi connectivity index (χ2n) is 11.4. The van der Waals surface area contributed by atoms with Crippen molar-refractivity contribution < 1.29 is 23.8 Å². The third kappa shape index (κ3) is 3.58. The zero-order valence-electron chi connectivity index (χ0n) is 21.8. The molecule has 1 saturated carbocycles. The molecule has 3 aliphatic rings. The van der Waals surface area contributed by atoms with Gasteiger partial charge in [0.25, 0.3) is 0 Å². The van der Waals surface area contributed by atoms with E-state index < -0.39 is 17.6 Å². The Balaban J connectivity index is 1.97. The second-order valence-corrected chi connectivity index (χ2v) is 11.4. The molecule has 7 nitrogen and oxygen atoms in total. The fraction of sp³-hybridized carbons (Fsp3) is 0.704. The highest BCUT2D eigenvalue weighted by atomic mass is 16.6. The third-order valence-electron chi connectivity index (χ3n) is 8.12. The molecule has 4 rings (SSSR count). The first-order chi connectivity index (χ1) is 16.0.